The number of amides is 4. The molecule has 0 radical (unpaired) electrons. The minimum absolute atomic E-state index is 0.0267. The number of piperidine rings is 1. The molecule has 334 valence electrons. The van der Waals surface area contributed by atoms with Crippen molar-refractivity contribution in [3.63, 3.8) is 0 Å². The minimum Gasteiger partial charge on any atom is -0.493 e. The zero-order chi connectivity index (χ0) is 45.3. The molecule has 2 aliphatic heterocycles. The van der Waals surface area contributed by atoms with Crippen LogP contribution in [0.5, 0.6) is 17.2 Å². The summed E-state index contributed by atoms with van der Waals surface area (Å²) in [6.07, 6.45) is 0.0848. The highest BCUT2D eigenvalue weighted by molar-refractivity contribution is 6.33. The van der Waals surface area contributed by atoms with E-state index >= 15 is 4.39 Å². The second-order valence-corrected chi connectivity index (χ2v) is 14.6. The van der Waals surface area contributed by atoms with Crippen LogP contribution in [0.1, 0.15) is 50.8 Å². The molecule has 5 aromatic rings. The highest BCUT2D eigenvalue weighted by Crippen LogP contribution is 2.39. The summed E-state index contributed by atoms with van der Waals surface area (Å²) in [6, 6.07) is 17.1. The molecule has 1 unspecified atom stereocenters. The highest BCUT2D eigenvalue weighted by atomic mass is 35.5. The Kier molecular flexibility index (Phi) is 14.7. The van der Waals surface area contributed by atoms with Gasteiger partial charge in [-0.15, -0.1) is 0 Å². The van der Waals surface area contributed by atoms with E-state index < -0.39 is 46.9 Å². The summed E-state index contributed by atoms with van der Waals surface area (Å²) in [7, 11) is 1.16. The van der Waals surface area contributed by atoms with E-state index in [1.807, 2.05) is 0 Å². The average molecular weight is 901 g/mol. The third-order valence-corrected chi connectivity index (χ3v) is 10.5. The number of methoxy groups -OCH3 is 1. The third kappa shape index (κ3) is 9.92. The Bertz CT molecular complexity index is 2670. The number of nitrogens with zero attached hydrogens (tertiary/aromatic N) is 1. The maximum absolute atomic E-state index is 15.5. The van der Waals surface area contributed by atoms with Crippen LogP contribution in [0.3, 0.4) is 0 Å². The van der Waals surface area contributed by atoms with Crippen LogP contribution in [0.25, 0.3) is 33.4 Å². The summed E-state index contributed by atoms with van der Waals surface area (Å²) in [6.45, 7) is 3.91. The van der Waals surface area contributed by atoms with Crippen LogP contribution in [0.15, 0.2) is 82.0 Å². The van der Waals surface area contributed by atoms with E-state index in [-0.39, 0.29) is 120 Å². The quantitative estimate of drug-likeness (QED) is 0.0542. The summed E-state index contributed by atoms with van der Waals surface area (Å²) in [4.78, 5) is 76.5. The smallest absolute Gasteiger partial charge is 0.340 e. The number of fused-ring (bicyclic) bond motifs is 2. The lowest BCUT2D eigenvalue weighted by Crippen LogP contribution is -2.54. The van der Waals surface area contributed by atoms with Crippen LogP contribution >= 0.6 is 11.6 Å². The number of imide groups is 2. The van der Waals surface area contributed by atoms with Crippen molar-refractivity contribution in [3.05, 3.63) is 111 Å². The van der Waals surface area contributed by atoms with Crippen molar-refractivity contribution in [1.29, 1.82) is 0 Å². The third-order valence-electron chi connectivity index (χ3n) is 10.2. The molecule has 7 rings (SSSR count). The molecule has 0 saturated carbocycles. The van der Waals surface area contributed by atoms with Crippen LogP contribution in [0, 0.1) is 5.82 Å². The number of carbonyl (C=O) groups is 5. The largest absolute Gasteiger partial charge is 0.493 e. The fraction of sp³-hybridized carbons (Fsp3) is 0.304. The normalized spacial score (nSPS) is 14.8. The Morgan fingerprint density at radius 1 is 0.766 bits per heavy atom. The Labute approximate surface area is 370 Å². The van der Waals surface area contributed by atoms with Gasteiger partial charge in [-0.05, 0) is 55.8 Å². The minimum atomic E-state index is -1.07. The van der Waals surface area contributed by atoms with Crippen molar-refractivity contribution in [2.45, 2.75) is 25.8 Å². The van der Waals surface area contributed by atoms with Crippen LogP contribution in [-0.2, 0) is 28.5 Å². The molecule has 16 nitrogen and oxygen atoms in total. The lowest BCUT2D eigenvalue weighted by molar-refractivity contribution is -0.136. The van der Waals surface area contributed by atoms with Gasteiger partial charge in [0, 0.05) is 35.2 Å². The van der Waals surface area contributed by atoms with Crippen LogP contribution < -0.4 is 25.0 Å². The lowest BCUT2D eigenvalue weighted by atomic mass is 9.99. The summed E-state index contributed by atoms with van der Waals surface area (Å²) in [5.74, 6) is -2.96. The molecule has 1 aromatic heterocycles. The Balaban J connectivity index is 0.819. The topological polar surface area (TPSA) is 195 Å². The number of benzene rings is 4. The first-order chi connectivity index (χ1) is 31.0. The van der Waals surface area contributed by atoms with Gasteiger partial charge >= 0.3 is 5.97 Å². The van der Waals surface area contributed by atoms with Gasteiger partial charge in [0.15, 0.2) is 5.43 Å². The molecular weight excluding hydrogens is 859 g/mol. The van der Waals surface area contributed by atoms with Crippen LogP contribution in [-0.4, -0.2) is 107 Å². The van der Waals surface area contributed by atoms with Crippen molar-refractivity contribution >= 4 is 52.2 Å². The SMILES string of the molecule is CCOc1cc2oc(-c3ccc(OCCOCCOCCOCCOc4cccc5c4C(=O)N(C4CCC(=O)NC4=O)C5=O)cc3Cl)cc(=O)c2cc1-c1cccc(C(=O)OC)c1F. The highest BCUT2D eigenvalue weighted by Gasteiger charge is 2.46. The van der Waals surface area contributed by atoms with Gasteiger partial charge in [0.2, 0.25) is 11.8 Å². The maximum atomic E-state index is 15.5. The first kappa shape index (κ1) is 45.4. The van der Waals surface area contributed by atoms with E-state index in [0.717, 1.165) is 12.0 Å². The number of ether oxygens (including phenoxy) is 7. The number of rotatable bonds is 20. The average Bonchev–Trinajstić information content (AvgIpc) is 3.53. The van der Waals surface area contributed by atoms with Crippen molar-refractivity contribution in [2.75, 3.05) is 66.6 Å². The molecule has 64 heavy (non-hydrogen) atoms. The molecular formula is C46H42ClFN2O14. The molecule has 0 bridgehead atoms. The molecule has 18 heteroatoms. The van der Waals surface area contributed by atoms with E-state index in [4.69, 9.17) is 49.2 Å². The number of halogens is 2. The van der Waals surface area contributed by atoms with E-state index in [1.165, 1.54) is 42.5 Å². The maximum Gasteiger partial charge on any atom is 0.340 e. The van der Waals surface area contributed by atoms with Crippen LogP contribution in [0.2, 0.25) is 5.02 Å². The van der Waals surface area contributed by atoms with Gasteiger partial charge in [-0.25, -0.2) is 9.18 Å². The molecule has 1 saturated heterocycles. The standard InChI is InChI=1S/C46H42ClFN2O14/c1-3-61-37-25-39-32(23-31(37)27-6-4-8-30(42(27)48)46(56)57-2)35(51)24-38(64-39)28-11-10-26(22-33(28)47)62-20-18-59-16-14-58-15-17-60-19-21-63-36-9-5-7-29-41(36)45(55)50(44(29)54)34-12-13-40(52)49-43(34)53/h4-11,22-25,34H,3,12-21H2,1-2H3,(H,49,52,53). The summed E-state index contributed by atoms with van der Waals surface area (Å²) in [5.41, 5.74) is 0.468. The molecule has 1 atom stereocenters. The van der Waals surface area contributed by atoms with Gasteiger partial charge in [-0.1, -0.05) is 29.8 Å². The van der Waals surface area contributed by atoms with Crippen molar-refractivity contribution < 1.29 is 65.9 Å². The van der Waals surface area contributed by atoms with Crippen molar-refractivity contribution in [1.82, 2.24) is 10.2 Å². The molecule has 1 fully saturated rings. The predicted octanol–water partition coefficient (Wildman–Crippen LogP) is 6.01. The Morgan fingerprint density at radius 2 is 1.45 bits per heavy atom. The zero-order valence-electron chi connectivity index (χ0n) is 34.7. The van der Waals surface area contributed by atoms with E-state index in [0.29, 0.717) is 24.5 Å². The number of carbonyl (C=O) groups excluding carboxylic acids is 5. The van der Waals surface area contributed by atoms with E-state index in [1.54, 1.807) is 37.3 Å². The van der Waals surface area contributed by atoms with Gasteiger partial charge in [-0.3, -0.25) is 34.2 Å². The van der Waals surface area contributed by atoms with Crippen molar-refractivity contribution in [3.8, 4) is 39.7 Å². The molecule has 3 heterocycles. The predicted molar refractivity (Wildman–Crippen MR) is 227 cm³/mol. The monoisotopic (exact) mass is 900 g/mol. The van der Waals surface area contributed by atoms with Crippen molar-refractivity contribution in [2.24, 2.45) is 0 Å². The molecule has 1 N–H and O–H groups in total. The first-order valence-corrected chi connectivity index (χ1v) is 20.6. The molecule has 0 spiro atoms. The molecule has 0 aliphatic carbocycles. The fourth-order valence-corrected chi connectivity index (χ4v) is 7.43. The molecule has 4 amide bonds. The zero-order valence-corrected chi connectivity index (χ0v) is 35.5. The summed E-state index contributed by atoms with van der Waals surface area (Å²) < 4.78 is 60.4. The second-order valence-electron chi connectivity index (χ2n) is 14.2. The van der Waals surface area contributed by atoms with Gasteiger partial charge in [0.1, 0.15) is 53.7 Å². The number of hydrogen-bond donors (Lipinski definition) is 1. The van der Waals surface area contributed by atoms with E-state index in [9.17, 15) is 28.8 Å². The van der Waals surface area contributed by atoms with Gasteiger partial charge < -0.3 is 37.6 Å². The van der Waals surface area contributed by atoms with Gasteiger partial charge in [0.05, 0.1) is 80.5 Å². The van der Waals surface area contributed by atoms with Gasteiger partial charge in [0.25, 0.3) is 11.8 Å². The van der Waals surface area contributed by atoms with Gasteiger partial charge in [-0.2, -0.15) is 0 Å². The molecule has 4 aromatic carbocycles. The Hall–Kier alpha value is -6.66. The van der Waals surface area contributed by atoms with E-state index in [2.05, 4.69) is 5.32 Å². The number of esters is 1. The lowest BCUT2D eigenvalue weighted by Gasteiger charge is -2.27. The van der Waals surface area contributed by atoms with Crippen LogP contribution in [0.4, 0.5) is 4.39 Å². The molecule has 2 aliphatic rings. The number of hydrogen-bond acceptors (Lipinski definition) is 14. The fourth-order valence-electron chi connectivity index (χ4n) is 7.17. The Morgan fingerprint density at radius 3 is 2.14 bits per heavy atom. The summed E-state index contributed by atoms with van der Waals surface area (Å²) >= 11 is 6.61. The first-order valence-electron chi connectivity index (χ1n) is 20.3. The summed E-state index contributed by atoms with van der Waals surface area (Å²) in [5, 5.41) is 2.60. The number of nitrogens with one attached hydrogen (secondary N) is 1. The second kappa shape index (κ2) is 20.7.